The van der Waals surface area contributed by atoms with Crippen LogP contribution in [-0.4, -0.2) is 33.9 Å². The Kier molecular flexibility index (Phi) is 4.54. The molecule has 0 radical (unpaired) electrons. The molecular formula is C14H18Cl2N4S. The van der Waals surface area contributed by atoms with Gasteiger partial charge in [0, 0.05) is 25.2 Å². The van der Waals surface area contributed by atoms with Crippen molar-refractivity contribution in [2.45, 2.75) is 38.8 Å². The number of benzene rings is 1. The van der Waals surface area contributed by atoms with E-state index >= 15 is 0 Å². The van der Waals surface area contributed by atoms with Gasteiger partial charge in [0.25, 0.3) is 0 Å². The van der Waals surface area contributed by atoms with Crippen LogP contribution in [0.15, 0.2) is 6.07 Å². The molecule has 7 heteroatoms. The second-order valence-electron chi connectivity index (χ2n) is 5.55. The number of halogens is 2. The van der Waals surface area contributed by atoms with E-state index in [0.717, 1.165) is 36.2 Å². The summed E-state index contributed by atoms with van der Waals surface area (Å²) in [5.41, 5.74) is 2.54. The van der Waals surface area contributed by atoms with Crippen LogP contribution in [-0.2, 0) is 0 Å². The Hall–Kier alpha value is -0.620. The van der Waals surface area contributed by atoms with E-state index in [1.54, 1.807) is 6.07 Å². The third-order valence-electron chi connectivity index (χ3n) is 3.99. The largest absolute Gasteiger partial charge is 0.363 e. The van der Waals surface area contributed by atoms with Crippen LogP contribution in [0.4, 0.5) is 5.69 Å². The summed E-state index contributed by atoms with van der Waals surface area (Å²) in [4.78, 5) is 2.35. The smallest absolute Gasteiger partial charge is 0.131 e. The van der Waals surface area contributed by atoms with Crippen LogP contribution in [0.25, 0.3) is 11.0 Å². The second kappa shape index (κ2) is 6.24. The highest BCUT2D eigenvalue weighted by atomic mass is 35.5. The van der Waals surface area contributed by atoms with Crippen LogP contribution in [0.5, 0.6) is 0 Å². The van der Waals surface area contributed by atoms with Crippen molar-refractivity contribution in [1.82, 2.24) is 14.1 Å². The lowest BCUT2D eigenvalue weighted by Crippen LogP contribution is -2.55. The number of nitrogens with one attached hydrogen (secondary N) is 1. The molecule has 2 heterocycles. The summed E-state index contributed by atoms with van der Waals surface area (Å²) >= 11 is 13.9. The van der Waals surface area contributed by atoms with Crippen LogP contribution < -0.4 is 10.2 Å². The number of hydrogen-bond donors (Lipinski definition) is 1. The topological polar surface area (TPSA) is 41.1 Å². The van der Waals surface area contributed by atoms with Gasteiger partial charge in [-0.15, -0.1) is 0 Å². The molecule has 1 fully saturated rings. The molecule has 3 rings (SSSR count). The second-order valence-corrected chi connectivity index (χ2v) is 6.89. The molecule has 2 unspecified atom stereocenters. The van der Waals surface area contributed by atoms with Gasteiger partial charge in [-0.25, -0.2) is 0 Å². The van der Waals surface area contributed by atoms with Crippen LogP contribution in [0.3, 0.4) is 0 Å². The van der Waals surface area contributed by atoms with Crippen molar-refractivity contribution in [3.63, 3.8) is 0 Å². The quantitative estimate of drug-likeness (QED) is 0.914. The summed E-state index contributed by atoms with van der Waals surface area (Å²) in [6.07, 6.45) is 2.33. The van der Waals surface area contributed by atoms with Gasteiger partial charge in [0.05, 0.1) is 27.5 Å². The molecule has 2 aromatic rings. The van der Waals surface area contributed by atoms with Crippen LogP contribution >= 0.6 is 34.9 Å². The van der Waals surface area contributed by atoms with Crippen molar-refractivity contribution in [2.24, 2.45) is 0 Å². The first-order valence-electron chi connectivity index (χ1n) is 7.22. The first kappa shape index (κ1) is 15.3. The van der Waals surface area contributed by atoms with E-state index in [-0.39, 0.29) is 0 Å². The summed E-state index contributed by atoms with van der Waals surface area (Å²) in [5.74, 6) is 0. The van der Waals surface area contributed by atoms with Gasteiger partial charge in [0.2, 0.25) is 0 Å². The molecule has 1 aliphatic heterocycles. The predicted octanol–water partition coefficient (Wildman–Crippen LogP) is 3.96. The van der Waals surface area contributed by atoms with Gasteiger partial charge in [-0.05, 0) is 19.4 Å². The Bertz CT molecular complexity index is 645. The Morgan fingerprint density at radius 1 is 1.33 bits per heavy atom. The third kappa shape index (κ3) is 2.84. The lowest BCUT2D eigenvalue weighted by Gasteiger charge is -2.40. The lowest BCUT2D eigenvalue weighted by atomic mass is 10.0. The summed E-state index contributed by atoms with van der Waals surface area (Å²) < 4.78 is 8.71. The van der Waals surface area contributed by atoms with Crippen molar-refractivity contribution in [3.8, 4) is 0 Å². The molecule has 1 aromatic carbocycles. The summed E-state index contributed by atoms with van der Waals surface area (Å²) in [7, 11) is 0. The number of nitrogens with zero attached hydrogens (tertiary/aromatic N) is 3. The van der Waals surface area contributed by atoms with E-state index in [1.165, 1.54) is 18.1 Å². The minimum Gasteiger partial charge on any atom is -0.363 e. The fourth-order valence-electron chi connectivity index (χ4n) is 2.92. The first-order chi connectivity index (χ1) is 10.1. The lowest BCUT2D eigenvalue weighted by molar-refractivity contribution is 0.387. The monoisotopic (exact) mass is 344 g/mol. The van der Waals surface area contributed by atoms with Gasteiger partial charge in [-0.2, -0.15) is 8.75 Å². The van der Waals surface area contributed by atoms with E-state index in [1.807, 2.05) is 0 Å². The number of piperazine rings is 1. The van der Waals surface area contributed by atoms with Gasteiger partial charge >= 0.3 is 0 Å². The van der Waals surface area contributed by atoms with E-state index in [2.05, 4.69) is 32.8 Å². The minimum atomic E-state index is 0.363. The zero-order valence-corrected chi connectivity index (χ0v) is 14.4. The Morgan fingerprint density at radius 2 is 2.10 bits per heavy atom. The van der Waals surface area contributed by atoms with Gasteiger partial charge in [0.15, 0.2) is 0 Å². The van der Waals surface area contributed by atoms with Crippen molar-refractivity contribution >= 4 is 51.7 Å². The number of hydrogen-bond acceptors (Lipinski definition) is 5. The van der Waals surface area contributed by atoms with Crippen molar-refractivity contribution in [1.29, 1.82) is 0 Å². The van der Waals surface area contributed by atoms with Gasteiger partial charge in [0.1, 0.15) is 11.0 Å². The standard InChI is InChI=1S/C14H18Cl2N4S/c1-3-4-9-7-20(8(2)6-17-9)14-11(16)5-10(15)12-13(14)19-21-18-12/h5,8-9,17H,3-4,6-7H2,1-2H3. The molecule has 4 nitrogen and oxygen atoms in total. The molecule has 1 saturated heterocycles. The zero-order chi connectivity index (χ0) is 15.0. The average molecular weight is 345 g/mol. The number of aromatic nitrogens is 2. The van der Waals surface area contributed by atoms with E-state index < -0.39 is 0 Å². The Morgan fingerprint density at radius 3 is 2.86 bits per heavy atom. The first-order valence-corrected chi connectivity index (χ1v) is 8.70. The van der Waals surface area contributed by atoms with Crippen molar-refractivity contribution in [3.05, 3.63) is 16.1 Å². The molecule has 1 aliphatic rings. The maximum Gasteiger partial charge on any atom is 0.131 e. The highest BCUT2D eigenvalue weighted by molar-refractivity contribution is 7.00. The van der Waals surface area contributed by atoms with Gasteiger partial charge < -0.3 is 10.2 Å². The number of fused-ring (bicyclic) bond motifs is 1. The molecule has 0 spiro atoms. The average Bonchev–Trinajstić information content (AvgIpc) is 2.92. The van der Waals surface area contributed by atoms with Crippen LogP contribution in [0.1, 0.15) is 26.7 Å². The van der Waals surface area contributed by atoms with E-state index in [9.17, 15) is 0 Å². The van der Waals surface area contributed by atoms with Gasteiger partial charge in [-0.3, -0.25) is 0 Å². The maximum absolute atomic E-state index is 6.48. The molecule has 114 valence electrons. The highest BCUT2D eigenvalue weighted by Crippen LogP contribution is 2.39. The predicted molar refractivity (Wildman–Crippen MR) is 90.9 cm³/mol. The summed E-state index contributed by atoms with van der Waals surface area (Å²) in [5, 5.41) is 4.82. The molecule has 21 heavy (non-hydrogen) atoms. The molecule has 0 amide bonds. The third-order valence-corrected chi connectivity index (χ3v) is 5.10. The fourth-order valence-corrected chi connectivity index (χ4v) is 4.13. The maximum atomic E-state index is 6.48. The normalized spacial score (nSPS) is 23.0. The minimum absolute atomic E-state index is 0.363. The fraction of sp³-hybridized carbons (Fsp3) is 0.571. The molecule has 2 atom stereocenters. The van der Waals surface area contributed by atoms with Crippen molar-refractivity contribution in [2.75, 3.05) is 18.0 Å². The van der Waals surface area contributed by atoms with E-state index in [4.69, 9.17) is 23.2 Å². The molecule has 1 aromatic heterocycles. The Balaban J connectivity index is 2.04. The van der Waals surface area contributed by atoms with Crippen LogP contribution in [0.2, 0.25) is 10.0 Å². The zero-order valence-electron chi connectivity index (χ0n) is 12.1. The van der Waals surface area contributed by atoms with Crippen LogP contribution in [0, 0.1) is 0 Å². The molecule has 1 N–H and O–H groups in total. The molecule has 0 aliphatic carbocycles. The van der Waals surface area contributed by atoms with E-state index in [0.29, 0.717) is 22.1 Å². The van der Waals surface area contributed by atoms with Crippen molar-refractivity contribution < 1.29 is 0 Å². The molecule has 0 bridgehead atoms. The summed E-state index contributed by atoms with van der Waals surface area (Å²) in [6.45, 7) is 6.29. The van der Waals surface area contributed by atoms with Gasteiger partial charge in [-0.1, -0.05) is 36.5 Å². The summed E-state index contributed by atoms with van der Waals surface area (Å²) in [6, 6.07) is 2.63. The SMILES string of the molecule is CCCC1CN(c2c(Cl)cc(Cl)c3nsnc23)C(C)CN1. The molecule has 0 saturated carbocycles. The molecular weight excluding hydrogens is 327 g/mol. The number of anilines is 1. The number of rotatable bonds is 3. The Labute approximate surface area is 138 Å². The highest BCUT2D eigenvalue weighted by Gasteiger charge is 2.28.